The summed E-state index contributed by atoms with van der Waals surface area (Å²) in [6.07, 6.45) is 1.64. The fourth-order valence-electron chi connectivity index (χ4n) is 2.07. The van der Waals surface area contributed by atoms with Crippen LogP contribution in [0.15, 0.2) is 30.3 Å². The second kappa shape index (κ2) is 3.45. The van der Waals surface area contributed by atoms with Crippen LogP contribution < -0.4 is 5.32 Å². The Bertz CT molecular complexity index is 333. The maximum atomic E-state index is 11.3. The van der Waals surface area contributed by atoms with Gasteiger partial charge in [-0.05, 0) is 12.0 Å². The van der Waals surface area contributed by atoms with Crippen molar-refractivity contribution in [3.63, 3.8) is 0 Å². The quantitative estimate of drug-likeness (QED) is 0.717. The molecule has 1 N–H and O–H groups in total. The summed E-state index contributed by atoms with van der Waals surface area (Å²) in [6, 6.07) is 10.3. The Hall–Kier alpha value is -1.31. The molecule has 0 spiro atoms. The number of hydrogen-bond donors (Lipinski definition) is 1. The molecule has 0 aliphatic carbocycles. The summed E-state index contributed by atoms with van der Waals surface area (Å²) in [5.41, 5.74) is 1.30. The standard InChI is InChI=1S/C12H15NO/c1-12(7-8-13-11(14)9-12)10-5-3-2-4-6-10/h2-6H,7-9H2,1H3,(H,13,14). The molecule has 0 bridgehead atoms. The number of carbonyl (C=O) groups is 1. The van der Waals surface area contributed by atoms with Crippen molar-refractivity contribution in [3.05, 3.63) is 35.9 Å². The average molecular weight is 189 g/mol. The first-order chi connectivity index (χ1) is 6.71. The largest absolute Gasteiger partial charge is 0.356 e. The van der Waals surface area contributed by atoms with E-state index in [4.69, 9.17) is 0 Å². The first-order valence-corrected chi connectivity index (χ1v) is 5.03. The molecule has 1 atom stereocenters. The minimum atomic E-state index is 0.0313. The number of amides is 1. The Morgan fingerprint density at radius 2 is 2.00 bits per heavy atom. The van der Waals surface area contributed by atoms with Crippen molar-refractivity contribution in [2.75, 3.05) is 6.54 Å². The summed E-state index contributed by atoms with van der Waals surface area (Å²) >= 11 is 0. The van der Waals surface area contributed by atoms with E-state index in [-0.39, 0.29) is 11.3 Å². The predicted octanol–water partition coefficient (Wildman–Crippen LogP) is 1.85. The molecule has 1 amide bonds. The van der Waals surface area contributed by atoms with Gasteiger partial charge in [-0.15, -0.1) is 0 Å². The van der Waals surface area contributed by atoms with Crippen LogP contribution in [-0.4, -0.2) is 12.5 Å². The number of benzene rings is 1. The van der Waals surface area contributed by atoms with Gasteiger partial charge in [0.2, 0.25) is 5.91 Å². The number of nitrogens with one attached hydrogen (secondary N) is 1. The van der Waals surface area contributed by atoms with E-state index in [1.807, 2.05) is 18.2 Å². The van der Waals surface area contributed by atoms with Gasteiger partial charge in [0.1, 0.15) is 0 Å². The average Bonchev–Trinajstić information content (AvgIpc) is 2.19. The second-order valence-electron chi connectivity index (χ2n) is 4.20. The first kappa shape index (κ1) is 9.25. The molecule has 1 aliphatic rings. The van der Waals surface area contributed by atoms with Crippen molar-refractivity contribution in [2.24, 2.45) is 0 Å². The lowest BCUT2D eigenvalue weighted by Crippen LogP contribution is -2.41. The lowest BCUT2D eigenvalue weighted by molar-refractivity contribution is -0.123. The van der Waals surface area contributed by atoms with Gasteiger partial charge in [0.15, 0.2) is 0 Å². The van der Waals surface area contributed by atoms with Gasteiger partial charge in [-0.2, -0.15) is 0 Å². The van der Waals surface area contributed by atoms with E-state index in [9.17, 15) is 4.79 Å². The molecule has 0 saturated carbocycles. The first-order valence-electron chi connectivity index (χ1n) is 5.03. The molecule has 1 aromatic carbocycles. The zero-order valence-electron chi connectivity index (χ0n) is 8.42. The summed E-state index contributed by atoms with van der Waals surface area (Å²) in [6.45, 7) is 2.96. The van der Waals surface area contributed by atoms with Crippen LogP contribution in [0.25, 0.3) is 0 Å². The van der Waals surface area contributed by atoms with E-state index in [2.05, 4.69) is 24.4 Å². The van der Waals surface area contributed by atoms with E-state index >= 15 is 0 Å². The molecular weight excluding hydrogens is 174 g/mol. The van der Waals surface area contributed by atoms with E-state index in [0.717, 1.165) is 13.0 Å². The van der Waals surface area contributed by atoms with Gasteiger partial charge < -0.3 is 5.32 Å². The van der Waals surface area contributed by atoms with Gasteiger partial charge in [0.25, 0.3) is 0 Å². The van der Waals surface area contributed by atoms with Gasteiger partial charge in [0, 0.05) is 18.4 Å². The molecule has 1 aromatic rings. The molecule has 1 unspecified atom stereocenters. The smallest absolute Gasteiger partial charge is 0.220 e. The van der Waals surface area contributed by atoms with Crippen LogP contribution in [0.5, 0.6) is 0 Å². The topological polar surface area (TPSA) is 29.1 Å². The van der Waals surface area contributed by atoms with E-state index < -0.39 is 0 Å². The van der Waals surface area contributed by atoms with Crippen molar-refractivity contribution < 1.29 is 4.79 Å². The highest BCUT2D eigenvalue weighted by atomic mass is 16.1. The summed E-state index contributed by atoms with van der Waals surface area (Å²) in [5, 5.41) is 2.87. The van der Waals surface area contributed by atoms with Crippen LogP contribution in [0.4, 0.5) is 0 Å². The van der Waals surface area contributed by atoms with Crippen molar-refractivity contribution in [1.29, 1.82) is 0 Å². The summed E-state index contributed by atoms with van der Waals surface area (Å²) in [4.78, 5) is 11.3. The third-order valence-electron chi connectivity index (χ3n) is 3.02. The van der Waals surface area contributed by atoms with Crippen molar-refractivity contribution in [1.82, 2.24) is 5.32 Å². The Kier molecular flexibility index (Phi) is 2.28. The molecule has 74 valence electrons. The minimum Gasteiger partial charge on any atom is -0.356 e. The maximum Gasteiger partial charge on any atom is 0.220 e. The Labute approximate surface area is 84.3 Å². The van der Waals surface area contributed by atoms with Crippen LogP contribution in [-0.2, 0) is 10.2 Å². The molecule has 1 saturated heterocycles. The molecule has 1 aliphatic heterocycles. The highest BCUT2D eigenvalue weighted by Gasteiger charge is 2.32. The van der Waals surface area contributed by atoms with E-state index in [0.29, 0.717) is 6.42 Å². The van der Waals surface area contributed by atoms with Crippen molar-refractivity contribution in [3.8, 4) is 0 Å². The summed E-state index contributed by atoms with van der Waals surface area (Å²) in [5.74, 6) is 0.169. The second-order valence-corrected chi connectivity index (χ2v) is 4.20. The molecular formula is C12H15NO. The van der Waals surface area contributed by atoms with Crippen molar-refractivity contribution in [2.45, 2.75) is 25.2 Å². The van der Waals surface area contributed by atoms with Crippen molar-refractivity contribution >= 4 is 5.91 Å². The molecule has 14 heavy (non-hydrogen) atoms. The number of hydrogen-bond acceptors (Lipinski definition) is 1. The van der Waals surface area contributed by atoms with Gasteiger partial charge in [-0.25, -0.2) is 0 Å². The molecule has 1 heterocycles. The Balaban J connectivity index is 2.27. The van der Waals surface area contributed by atoms with Crippen LogP contribution in [0.2, 0.25) is 0 Å². The fourth-order valence-corrected chi connectivity index (χ4v) is 2.07. The third kappa shape index (κ3) is 1.65. The van der Waals surface area contributed by atoms with E-state index in [1.54, 1.807) is 0 Å². The summed E-state index contributed by atoms with van der Waals surface area (Å²) in [7, 11) is 0. The SMILES string of the molecule is CC1(c2ccccc2)CCNC(=O)C1. The molecule has 1 fully saturated rings. The van der Waals surface area contributed by atoms with E-state index in [1.165, 1.54) is 5.56 Å². The van der Waals surface area contributed by atoms with Gasteiger partial charge >= 0.3 is 0 Å². The van der Waals surface area contributed by atoms with Crippen LogP contribution in [0, 0.1) is 0 Å². The van der Waals surface area contributed by atoms with Gasteiger partial charge in [-0.1, -0.05) is 37.3 Å². The molecule has 0 aromatic heterocycles. The number of rotatable bonds is 1. The van der Waals surface area contributed by atoms with Crippen LogP contribution in [0.1, 0.15) is 25.3 Å². The molecule has 2 nitrogen and oxygen atoms in total. The van der Waals surface area contributed by atoms with Gasteiger partial charge in [0.05, 0.1) is 0 Å². The van der Waals surface area contributed by atoms with Crippen LogP contribution in [0.3, 0.4) is 0 Å². The Morgan fingerprint density at radius 1 is 1.29 bits per heavy atom. The van der Waals surface area contributed by atoms with Crippen LogP contribution >= 0.6 is 0 Å². The number of carbonyl (C=O) groups excluding carboxylic acids is 1. The monoisotopic (exact) mass is 189 g/mol. The molecule has 0 radical (unpaired) electrons. The zero-order valence-corrected chi connectivity index (χ0v) is 8.42. The normalized spacial score (nSPS) is 27.1. The zero-order chi connectivity index (χ0) is 10.0. The molecule has 2 rings (SSSR count). The Morgan fingerprint density at radius 3 is 2.64 bits per heavy atom. The highest BCUT2D eigenvalue weighted by molar-refractivity contribution is 5.78. The lowest BCUT2D eigenvalue weighted by atomic mass is 9.75. The number of piperidine rings is 1. The third-order valence-corrected chi connectivity index (χ3v) is 3.02. The maximum absolute atomic E-state index is 11.3. The lowest BCUT2D eigenvalue weighted by Gasteiger charge is -2.33. The molecule has 2 heteroatoms. The summed E-state index contributed by atoms with van der Waals surface area (Å²) < 4.78 is 0. The van der Waals surface area contributed by atoms with Gasteiger partial charge in [-0.3, -0.25) is 4.79 Å². The fraction of sp³-hybridized carbons (Fsp3) is 0.417. The minimum absolute atomic E-state index is 0.0313. The predicted molar refractivity (Wildman–Crippen MR) is 56.0 cm³/mol. The highest BCUT2D eigenvalue weighted by Crippen LogP contribution is 2.32.